The average molecular weight is 285 g/mol. The molecule has 0 aliphatic carbocycles. The van der Waals surface area contributed by atoms with Crippen molar-refractivity contribution in [3.63, 3.8) is 0 Å². The van der Waals surface area contributed by atoms with Crippen molar-refractivity contribution in [3.8, 4) is 0 Å². The van der Waals surface area contributed by atoms with Gasteiger partial charge in [-0.05, 0) is 32.2 Å². The van der Waals surface area contributed by atoms with Crippen LogP contribution in [0.5, 0.6) is 0 Å². The highest BCUT2D eigenvalue weighted by Crippen LogP contribution is 2.38. The van der Waals surface area contributed by atoms with E-state index >= 15 is 0 Å². The van der Waals surface area contributed by atoms with E-state index in [2.05, 4.69) is 5.32 Å². The third-order valence-corrected chi connectivity index (χ3v) is 3.85. The molecule has 1 aliphatic rings. The normalized spacial score (nSPS) is 19.8. The van der Waals surface area contributed by atoms with E-state index in [1.54, 1.807) is 7.05 Å². The monoisotopic (exact) mass is 285 g/mol. The van der Waals surface area contributed by atoms with Crippen molar-refractivity contribution >= 4 is 0 Å². The Labute approximate surface area is 118 Å². The molecule has 0 aromatic heterocycles. The maximum atomic E-state index is 14.1. The minimum atomic E-state index is -0.559. The summed E-state index contributed by atoms with van der Waals surface area (Å²) in [6.45, 7) is 3.56. The summed E-state index contributed by atoms with van der Waals surface area (Å²) < 4.78 is 38.9. The van der Waals surface area contributed by atoms with Crippen LogP contribution in [0.1, 0.15) is 31.4 Å². The zero-order valence-electron chi connectivity index (χ0n) is 11.9. The standard InChI is InChI=1S/C15H21F2NO2/c1-3-20-15(6-8-19-9-7-15)14(18-2)12-10-11(16)4-5-13(12)17/h4-5,10,14,18H,3,6-9H2,1-2H3. The first-order valence-electron chi connectivity index (χ1n) is 6.97. The first-order valence-corrected chi connectivity index (χ1v) is 6.97. The van der Waals surface area contributed by atoms with Crippen LogP contribution in [0, 0.1) is 11.6 Å². The molecular formula is C15H21F2NO2. The van der Waals surface area contributed by atoms with Crippen LogP contribution in [0.2, 0.25) is 0 Å². The summed E-state index contributed by atoms with van der Waals surface area (Å²) in [6, 6.07) is 3.13. The van der Waals surface area contributed by atoms with Crippen molar-refractivity contribution in [2.45, 2.75) is 31.4 Å². The second kappa shape index (κ2) is 6.61. The quantitative estimate of drug-likeness (QED) is 0.902. The van der Waals surface area contributed by atoms with Gasteiger partial charge in [-0.15, -0.1) is 0 Å². The Morgan fingerprint density at radius 3 is 2.65 bits per heavy atom. The lowest BCUT2D eigenvalue weighted by Crippen LogP contribution is -2.49. The molecule has 20 heavy (non-hydrogen) atoms. The fourth-order valence-electron chi connectivity index (χ4n) is 2.96. The van der Waals surface area contributed by atoms with Gasteiger partial charge < -0.3 is 14.8 Å². The lowest BCUT2D eigenvalue weighted by atomic mass is 9.81. The van der Waals surface area contributed by atoms with Crippen molar-refractivity contribution in [1.82, 2.24) is 5.32 Å². The molecular weight excluding hydrogens is 264 g/mol. The summed E-state index contributed by atoms with van der Waals surface area (Å²) in [7, 11) is 1.74. The third-order valence-electron chi connectivity index (χ3n) is 3.85. The Morgan fingerprint density at radius 1 is 1.35 bits per heavy atom. The van der Waals surface area contributed by atoms with Crippen molar-refractivity contribution in [2.75, 3.05) is 26.9 Å². The lowest BCUT2D eigenvalue weighted by Gasteiger charge is -2.43. The SMILES string of the molecule is CCOC1(C(NC)c2cc(F)ccc2F)CCOCC1. The molecule has 112 valence electrons. The van der Waals surface area contributed by atoms with Crippen LogP contribution >= 0.6 is 0 Å². The average Bonchev–Trinajstić information content (AvgIpc) is 2.45. The zero-order chi connectivity index (χ0) is 14.6. The van der Waals surface area contributed by atoms with Gasteiger partial charge in [-0.3, -0.25) is 0 Å². The summed E-state index contributed by atoms with van der Waals surface area (Å²) >= 11 is 0. The number of benzene rings is 1. The molecule has 0 saturated carbocycles. The fraction of sp³-hybridized carbons (Fsp3) is 0.600. The van der Waals surface area contributed by atoms with Crippen LogP contribution in [-0.2, 0) is 9.47 Å². The van der Waals surface area contributed by atoms with E-state index in [1.165, 1.54) is 6.07 Å². The fourth-order valence-corrected chi connectivity index (χ4v) is 2.96. The van der Waals surface area contributed by atoms with E-state index in [-0.39, 0.29) is 0 Å². The van der Waals surface area contributed by atoms with E-state index in [0.717, 1.165) is 12.1 Å². The van der Waals surface area contributed by atoms with Crippen LogP contribution in [0.3, 0.4) is 0 Å². The highest BCUT2D eigenvalue weighted by molar-refractivity contribution is 5.25. The van der Waals surface area contributed by atoms with Gasteiger partial charge in [0.1, 0.15) is 11.6 Å². The van der Waals surface area contributed by atoms with Crippen molar-refractivity contribution < 1.29 is 18.3 Å². The molecule has 1 unspecified atom stereocenters. The first-order chi connectivity index (χ1) is 9.63. The van der Waals surface area contributed by atoms with Crippen LogP contribution in [0.15, 0.2) is 18.2 Å². The molecule has 5 heteroatoms. The van der Waals surface area contributed by atoms with Gasteiger partial charge in [0.05, 0.1) is 11.6 Å². The van der Waals surface area contributed by atoms with Crippen LogP contribution < -0.4 is 5.32 Å². The second-order valence-corrected chi connectivity index (χ2v) is 5.00. The number of hydrogen-bond acceptors (Lipinski definition) is 3. The van der Waals surface area contributed by atoms with Gasteiger partial charge in [0.2, 0.25) is 0 Å². The summed E-state index contributed by atoms with van der Waals surface area (Å²) in [5.41, 5.74) is -0.251. The highest BCUT2D eigenvalue weighted by atomic mass is 19.1. The van der Waals surface area contributed by atoms with Gasteiger partial charge in [-0.25, -0.2) is 8.78 Å². The molecule has 1 saturated heterocycles. The summed E-state index contributed by atoms with van der Waals surface area (Å²) in [6.07, 6.45) is 1.31. The molecule has 1 aliphatic heterocycles. The number of rotatable bonds is 5. The molecule has 2 rings (SSSR count). The van der Waals surface area contributed by atoms with Gasteiger partial charge in [-0.1, -0.05) is 0 Å². The Morgan fingerprint density at radius 2 is 2.05 bits per heavy atom. The maximum Gasteiger partial charge on any atom is 0.128 e. The van der Waals surface area contributed by atoms with Gasteiger partial charge >= 0.3 is 0 Å². The van der Waals surface area contributed by atoms with Gasteiger partial charge in [0.15, 0.2) is 0 Å². The number of halogens is 2. The van der Waals surface area contributed by atoms with Crippen LogP contribution in [0.25, 0.3) is 0 Å². The minimum Gasteiger partial charge on any atom is -0.381 e. The molecule has 1 N–H and O–H groups in total. The molecule has 1 heterocycles. The Kier molecular flexibility index (Phi) is 5.07. The smallest absolute Gasteiger partial charge is 0.128 e. The molecule has 0 radical (unpaired) electrons. The summed E-state index contributed by atoms with van der Waals surface area (Å²) in [5.74, 6) is -0.864. The van der Waals surface area contributed by atoms with E-state index in [1.807, 2.05) is 6.92 Å². The predicted octanol–water partition coefficient (Wildman–Crippen LogP) is 2.81. The van der Waals surface area contributed by atoms with E-state index in [4.69, 9.17) is 9.47 Å². The van der Waals surface area contributed by atoms with E-state index < -0.39 is 23.3 Å². The Bertz CT molecular complexity index is 442. The van der Waals surface area contributed by atoms with Crippen LogP contribution in [0.4, 0.5) is 8.78 Å². The van der Waals surface area contributed by atoms with Gasteiger partial charge in [-0.2, -0.15) is 0 Å². The maximum absolute atomic E-state index is 14.1. The van der Waals surface area contributed by atoms with E-state index in [0.29, 0.717) is 38.2 Å². The molecule has 1 aromatic rings. The predicted molar refractivity (Wildman–Crippen MR) is 72.6 cm³/mol. The minimum absolute atomic E-state index is 0.308. The highest BCUT2D eigenvalue weighted by Gasteiger charge is 2.42. The first kappa shape index (κ1) is 15.4. The van der Waals surface area contributed by atoms with Gasteiger partial charge in [0.25, 0.3) is 0 Å². The molecule has 3 nitrogen and oxygen atoms in total. The molecule has 1 fully saturated rings. The molecule has 0 amide bonds. The topological polar surface area (TPSA) is 30.5 Å². The number of likely N-dealkylation sites (N-methyl/N-ethyl adjacent to an activating group) is 1. The lowest BCUT2D eigenvalue weighted by molar-refractivity contribution is -0.127. The van der Waals surface area contributed by atoms with Crippen LogP contribution in [-0.4, -0.2) is 32.5 Å². The number of nitrogens with one attached hydrogen (secondary N) is 1. The second-order valence-electron chi connectivity index (χ2n) is 5.00. The summed E-state index contributed by atoms with van der Waals surface area (Å²) in [4.78, 5) is 0. The number of hydrogen-bond donors (Lipinski definition) is 1. The van der Waals surface area contributed by atoms with Crippen molar-refractivity contribution in [3.05, 3.63) is 35.4 Å². The molecule has 0 spiro atoms. The Balaban J connectivity index is 2.39. The number of ether oxygens (including phenoxy) is 2. The molecule has 1 aromatic carbocycles. The van der Waals surface area contributed by atoms with Crippen molar-refractivity contribution in [2.24, 2.45) is 0 Å². The largest absolute Gasteiger partial charge is 0.381 e. The Hall–Kier alpha value is -1.04. The van der Waals surface area contributed by atoms with Crippen molar-refractivity contribution in [1.29, 1.82) is 0 Å². The van der Waals surface area contributed by atoms with Gasteiger partial charge in [0, 0.05) is 38.2 Å². The third kappa shape index (κ3) is 3.00. The molecule has 1 atom stereocenters. The zero-order valence-corrected chi connectivity index (χ0v) is 11.9. The van der Waals surface area contributed by atoms with E-state index in [9.17, 15) is 8.78 Å². The summed E-state index contributed by atoms with van der Waals surface area (Å²) in [5, 5.41) is 3.09. The molecule has 0 bridgehead atoms.